The van der Waals surface area contributed by atoms with Crippen molar-refractivity contribution in [3.8, 4) is 5.75 Å². The molecule has 3 rings (SSSR count). The van der Waals surface area contributed by atoms with Gasteiger partial charge in [-0.2, -0.15) is 0 Å². The van der Waals surface area contributed by atoms with Gasteiger partial charge in [0.25, 0.3) is 10.0 Å². The van der Waals surface area contributed by atoms with E-state index in [9.17, 15) is 13.2 Å². The summed E-state index contributed by atoms with van der Waals surface area (Å²) in [6.45, 7) is 4.80. The summed E-state index contributed by atoms with van der Waals surface area (Å²) in [4.78, 5) is 11.5. The fourth-order valence-electron chi connectivity index (χ4n) is 2.95. The molecule has 2 aromatic carbocycles. The Hall–Kier alpha value is -3.30. The Balaban J connectivity index is 1.89. The average molecular weight is 476 g/mol. The first-order valence-electron chi connectivity index (χ1n) is 9.49. The third kappa shape index (κ3) is 5.30. The van der Waals surface area contributed by atoms with E-state index in [0.29, 0.717) is 44.7 Å². The highest BCUT2D eigenvalue weighted by molar-refractivity contribution is 7.92. The summed E-state index contributed by atoms with van der Waals surface area (Å²) in [5.74, 6) is 0.548. The zero-order chi connectivity index (χ0) is 23.5. The van der Waals surface area contributed by atoms with Crippen LogP contribution < -0.4 is 14.8 Å². The third-order valence-electron chi connectivity index (χ3n) is 4.52. The minimum absolute atomic E-state index is 0.113. The number of methoxy groups -OCH3 is 1. The molecule has 0 unspecified atom stereocenters. The van der Waals surface area contributed by atoms with Crippen LogP contribution in [0.25, 0.3) is 12.2 Å². The number of rotatable bonds is 7. The van der Waals surface area contributed by atoms with Crippen molar-refractivity contribution in [3.63, 3.8) is 0 Å². The van der Waals surface area contributed by atoms with Gasteiger partial charge in [-0.1, -0.05) is 35.0 Å². The smallest absolute Gasteiger partial charge is 0.262 e. The molecule has 8 nitrogen and oxygen atoms in total. The van der Waals surface area contributed by atoms with Crippen molar-refractivity contribution in [3.05, 3.63) is 64.0 Å². The standard InChI is InChI=1S/C22H22ClN3O5S/c1-13-5-6-16(7-9-20-22(24-15(3)27)14(2)25-31-20)11-21(13)32(28,29)26-17-8-10-19(30-4)18(23)12-17/h5-12,26H,1-4H3,(H,24,27). The van der Waals surface area contributed by atoms with E-state index in [1.165, 1.54) is 20.1 Å². The van der Waals surface area contributed by atoms with Gasteiger partial charge in [0, 0.05) is 6.92 Å². The maximum Gasteiger partial charge on any atom is 0.262 e. The molecular weight excluding hydrogens is 454 g/mol. The maximum atomic E-state index is 13.0. The van der Waals surface area contributed by atoms with Gasteiger partial charge >= 0.3 is 0 Å². The predicted molar refractivity (Wildman–Crippen MR) is 124 cm³/mol. The first-order chi connectivity index (χ1) is 15.1. The highest BCUT2D eigenvalue weighted by atomic mass is 35.5. The summed E-state index contributed by atoms with van der Waals surface area (Å²) in [7, 11) is -2.40. The Kier molecular flexibility index (Phi) is 6.90. The highest BCUT2D eigenvalue weighted by Gasteiger charge is 2.18. The van der Waals surface area contributed by atoms with E-state index in [1.807, 2.05) is 0 Å². The zero-order valence-electron chi connectivity index (χ0n) is 17.9. The molecule has 0 saturated heterocycles. The number of amides is 1. The van der Waals surface area contributed by atoms with Crippen molar-refractivity contribution in [1.29, 1.82) is 0 Å². The van der Waals surface area contributed by atoms with Gasteiger partial charge in [0.05, 0.1) is 22.7 Å². The molecule has 3 aromatic rings. The lowest BCUT2D eigenvalue weighted by molar-refractivity contribution is -0.114. The third-order valence-corrected chi connectivity index (χ3v) is 6.34. The van der Waals surface area contributed by atoms with Gasteiger partial charge in [-0.3, -0.25) is 9.52 Å². The number of ether oxygens (including phenoxy) is 1. The van der Waals surface area contributed by atoms with Crippen LogP contribution in [0.1, 0.15) is 29.5 Å². The molecule has 0 saturated carbocycles. The van der Waals surface area contributed by atoms with E-state index >= 15 is 0 Å². The lowest BCUT2D eigenvalue weighted by atomic mass is 10.1. The number of halogens is 1. The minimum Gasteiger partial charge on any atom is -0.495 e. The maximum absolute atomic E-state index is 13.0. The number of sulfonamides is 1. The lowest BCUT2D eigenvalue weighted by Crippen LogP contribution is -2.14. The molecule has 0 spiro atoms. The Morgan fingerprint density at radius 2 is 1.91 bits per heavy atom. The number of hydrogen-bond donors (Lipinski definition) is 2. The lowest BCUT2D eigenvalue weighted by Gasteiger charge is -2.12. The molecule has 0 fully saturated rings. The minimum atomic E-state index is -3.88. The van der Waals surface area contributed by atoms with Gasteiger partial charge < -0.3 is 14.6 Å². The van der Waals surface area contributed by atoms with Gasteiger partial charge in [-0.05, 0) is 55.3 Å². The van der Waals surface area contributed by atoms with E-state index in [4.69, 9.17) is 20.9 Å². The molecule has 0 aliphatic carbocycles. The summed E-state index contributed by atoms with van der Waals surface area (Å²) < 4.78 is 38.9. The summed E-state index contributed by atoms with van der Waals surface area (Å²) in [6, 6.07) is 9.65. The molecule has 0 radical (unpaired) electrons. The summed E-state index contributed by atoms with van der Waals surface area (Å²) in [6.07, 6.45) is 3.29. The quantitative estimate of drug-likeness (QED) is 0.503. The van der Waals surface area contributed by atoms with Crippen LogP contribution in [0, 0.1) is 13.8 Å². The van der Waals surface area contributed by atoms with Crippen LogP contribution in [0.5, 0.6) is 5.75 Å². The van der Waals surface area contributed by atoms with E-state index < -0.39 is 10.0 Å². The second-order valence-electron chi connectivity index (χ2n) is 7.00. The van der Waals surface area contributed by atoms with Gasteiger partial charge in [-0.15, -0.1) is 0 Å². The Morgan fingerprint density at radius 3 is 2.56 bits per heavy atom. The number of aromatic nitrogens is 1. The fourth-order valence-corrected chi connectivity index (χ4v) is 4.54. The average Bonchev–Trinajstić information content (AvgIpc) is 3.06. The first kappa shape index (κ1) is 23.4. The van der Waals surface area contributed by atoms with Crippen LogP contribution >= 0.6 is 11.6 Å². The Labute approximate surface area is 191 Å². The van der Waals surface area contributed by atoms with Crippen molar-refractivity contribution in [2.45, 2.75) is 25.7 Å². The van der Waals surface area contributed by atoms with E-state index in [-0.39, 0.29) is 10.8 Å². The molecular formula is C22H22ClN3O5S. The van der Waals surface area contributed by atoms with Crippen LogP contribution in [0.2, 0.25) is 5.02 Å². The number of aryl methyl sites for hydroxylation is 2. The predicted octanol–water partition coefficient (Wildman–Crippen LogP) is 4.88. The second-order valence-corrected chi connectivity index (χ2v) is 9.06. The van der Waals surface area contributed by atoms with Crippen LogP contribution in [0.4, 0.5) is 11.4 Å². The van der Waals surface area contributed by atoms with Gasteiger partial charge in [0.15, 0.2) is 5.76 Å². The van der Waals surface area contributed by atoms with Crippen LogP contribution in [-0.2, 0) is 14.8 Å². The monoisotopic (exact) mass is 475 g/mol. The highest BCUT2D eigenvalue weighted by Crippen LogP contribution is 2.29. The molecule has 32 heavy (non-hydrogen) atoms. The fraction of sp³-hybridized carbons (Fsp3) is 0.182. The molecule has 0 atom stereocenters. The number of nitrogens with one attached hydrogen (secondary N) is 2. The number of benzene rings is 2. The molecule has 0 aliphatic heterocycles. The van der Waals surface area contributed by atoms with Crippen molar-refractivity contribution >= 4 is 51.1 Å². The first-order valence-corrected chi connectivity index (χ1v) is 11.4. The SMILES string of the molecule is COc1ccc(NS(=O)(=O)c2cc(C=Cc3onc(C)c3NC(C)=O)ccc2C)cc1Cl. The molecule has 168 valence electrons. The molecule has 1 amide bonds. The van der Waals surface area contributed by atoms with E-state index in [1.54, 1.807) is 56.3 Å². The second kappa shape index (κ2) is 9.46. The Morgan fingerprint density at radius 1 is 1.16 bits per heavy atom. The number of carbonyl (C=O) groups excluding carboxylic acids is 1. The van der Waals surface area contributed by atoms with Crippen LogP contribution in [-0.4, -0.2) is 26.6 Å². The van der Waals surface area contributed by atoms with E-state index in [0.717, 1.165) is 0 Å². The molecule has 2 N–H and O–H groups in total. The Bertz CT molecular complexity index is 1300. The molecule has 0 bridgehead atoms. The van der Waals surface area contributed by atoms with Crippen LogP contribution in [0.3, 0.4) is 0 Å². The van der Waals surface area contributed by atoms with Gasteiger partial charge in [0.2, 0.25) is 5.91 Å². The molecule has 0 aliphatic rings. The summed E-state index contributed by atoms with van der Waals surface area (Å²) >= 11 is 6.10. The molecule has 1 heterocycles. The normalized spacial score (nSPS) is 11.5. The van der Waals surface area contributed by atoms with E-state index in [2.05, 4.69) is 15.2 Å². The summed E-state index contributed by atoms with van der Waals surface area (Å²) in [5, 5.41) is 6.81. The topological polar surface area (TPSA) is 111 Å². The zero-order valence-corrected chi connectivity index (χ0v) is 19.5. The largest absolute Gasteiger partial charge is 0.495 e. The number of hydrogen-bond acceptors (Lipinski definition) is 6. The van der Waals surface area contributed by atoms with Gasteiger partial charge in [-0.25, -0.2) is 8.42 Å². The van der Waals surface area contributed by atoms with Crippen LogP contribution in [0.15, 0.2) is 45.8 Å². The van der Waals surface area contributed by atoms with Crippen molar-refractivity contribution in [2.24, 2.45) is 0 Å². The summed E-state index contributed by atoms with van der Waals surface area (Å²) in [5.41, 5.74) is 2.50. The number of carbonyl (C=O) groups is 1. The van der Waals surface area contributed by atoms with Crippen molar-refractivity contribution in [2.75, 3.05) is 17.1 Å². The van der Waals surface area contributed by atoms with Gasteiger partial charge in [0.1, 0.15) is 17.1 Å². The van der Waals surface area contributed by atoms with Crippen molar-refractivity contribution in [1.82, 2.24) is 5.16 Å². The molecule has 10 heteroatoms. The molecule has 1 aromatic heterocycles. The number of nitrogens with zero attached hydrogens (tertiary/aromatic N) is 1. The van der Waals surface area contributed by atoms with Crippen molar-refractivity contribution < 1.29 is 22.5 Å². The number of anilines is 2.